The van der Waals surface area contributed by atoms with E-state index in [0.29, 0.717) is 6.54 Å². The lowest BCUT2D eigenvalue weighted by Crippen LogP contribution is -2.36. The van der Waals surface area contributed by atoms with Crippen molar-refractivity contribution in [3.8, 4) is 6.07 Å². The molecule has 1 fully saturated rings. The zero-order chi connectivity index (χ0) is 10.6. The number of carbonyl (C=O) groups excluding carboxylic acids is 1. The number of nitriles is 1. The van der Waals surface area contributed by atoms with Gasteiger partial charge in [-0.15, -0.1) is 0 Å². The zero-order valence-electron chi connectivity index (χ0n) is 8.97. The van der Waals surface area contributed by atoms with Gasteiger partial charge in [0.1, 0.15) is 5.41 Å². The molecule has 0 atom stereocenters. The van der Waals surface area contributed by atoms with Gasteiger partial charge in [-0.2, -0.15) is 5.26 Å². The number of hydrogen-bond acceptors (Lipinski definition) is 2. The molecule has 3 heteroatoms. The van der Waals surface area contributed by atoms with Gasteiger partial charge in [0.15, 0.2) is 0 Å². The van der Waals surface area contributed by atoms with E-state index in [0.717, 1.165) is 12.3 Å². The van der Waals surface area contributed by atoms with Gasteiger partial charge in [0.05, 0.1) is 6.07 Å². The highest BCUT2D eigenvalue weighted by Crippen LogP contribution is 2.33. The van der Waals surface area contributed by atoms with Crippen molar-refractivity contribution in [1.82, 2.24) is 5.32 Å². The molecule has 0 aromatic rings. The molecule has 1 aliphatic rings. The summed E-state index contributed by atoms with van der Waals surface area (Å²) < 4.78 is 0. The average molecular weight is 194 g/mol. The second-order valence-corrected chi connectivity index (χ2v) is 4.58. The first kappa shape index (κ1) is 11.0. The van der Waals surface area contributed by atoms with Crippen molar-refractivity contribution < 1.29 is 4.79 Å². The predicted octanol–water partition coefficient (Wildman–Crippen LogP) is 1.84. The summed E-state index contributed by atoms with van der Waals surface area (Å²) in [5, 5.41) is 11.5. The van der Waals surface area contributed by atoms with E-state index < -0.39 is 5.41 Å². The quantitative estimate of drug-likeness (QED) is 0.679. The zero-order valence-corrected chi connectivity index (χ0v) is 8.97. The molecule has 0 aliphatic heterocycles. The summed E-state index contributed by atoms with van der Waals surface area (Å²) >= 11 is 0. The summed E-state index contributed by atoms with van der Waals surface area (Å²) in [4.78, 5) is 11.4. The van der Waals surface area contributed by atoms with Crippen LogP contribution in [0.4, 0.5) is 0 Å². The first-order valence-corrected chi connectivity index (χ1v) is 5.26. The van der Waals surface area contributed by atoms with E-state index in [9.17, 15) is 4.79 Å². The van der Waals surface area contributed by atoms with Crippen molar-refractivity contribution in [2.24, 2.45) is 11.3 Å². The van der Waals surface area contributed by atoms with Crippen LogP contribution in [-0.2, 0) is 4.79 Å². The molecule has 0 heterocycles. The van der Waals surface area contributed by atoms with Crippen LogP contribution in [0.2, 0.25) is 0 Å². The highest BCUT2D eigenvalue weighted by atomic mass is 16.2. The van der Waals surface area contributed by atoms with Crippen LogP contribution in [0.5, 0.6) is 0 Å². The van der Waals surface area contributed by atoms with E-state index in [2.05, 4.69) is 5.32 Å². The first-order chi connectivity index (χ1) is 6.56. The molecule has 1 rings (SSSR count). The molecule has 1 amide bonds. The van der Waals surface area contributed by atoms with Gasteiger partial charge in [-0.1, -0.05) is 12.8 Å². The Bertz CT molecular complexity index is 249. The van der Waals surface area contributed by atoms with Gasteiger partial charge in [0, 0.05) is 6.54 Å². The lowest BCUT2D eigenvalue weighted by Gasteiger charge is -2.14. The number of nitrogens with zero attached hydrogens (tertiary/aromatic N) is 1. The highest BCUT2D eigenvalue weighted by Gasteiger charge is 2.26. The van der Waals surface area contributed by atoms with Crippen molar-refractivity contribution in [2.45, 2.75) is 39.5 Å². The summed E-state index contributed by atoms with van der Waals surface area (Å²) in [6, 6.07) is 1.99. The van der Waals surface area contributed by atoms with Crippen LogP contribution >= 0.6 is 0 Å². The third kappa shape index (κ3) is 3.37. The summed E-state index contributed by atoms with van der Waals surface area (Å²) in [5.41, 5.74) is -0.889. The molecule has 0 aromatic heterocycles. The maximum Gasteiger partial charge on any atom is 0.239 e. The van der Waals surface area contributed by atoms with Gasteiger partial charge in [0.25, 0.3) is 0 Å². The van der Waals surface area contributed by atoms with Gasteiger partial charge >= 0.3 is 0 Å². The molecule has 0 bridgehead atoms. The van der Waals surface area contributed by atoms with Crippen LogP contribution in [0, 0.1) is 22.7 Å². The van der Waals surface area contributed by atoms with Crippen LogP contribution in [0.1, 0.15) is 39.5 Å². The Balaban J connectivity index is 2.11. The second kappa shape index (κ2) is 4.45. The predicted molar refractivity (Wildman–Crippen MR) is 54.4 cm³/mol. The second-order valence-electron chi connectivity index (χ2n) is 4.58. The highest BCUT2D eigenvalue weighted by molar-refractivity contribution is 5.84. The Kier molecular flexibility index (Phi) is 3.51. The van der Waals surface area contributed by atoms with Gasteiger partial charge in [-0.05, 0) is 32.6 Å². The van der Waals surface area contributed by atoms with Crippen LogP contribution in [0.15, 0.2) is 0 Å². The van der Waals surface area contributed by atoms with Crippen molar-refractivity contribution in [3.05, 3.63) is 0 Å². The SMILES string of the molecule is CC(C)(C#N)C(=O)NCCCC1CC1. The molecular weight excluding hydrogens is 176 g/mol. The molecule has 1 N–H and O–H groups in total. The molecule has 14 heavy (non-hydrogen) atoms. The first-order valence-electron chi connectivity index (χ1n) is 5.26. The topological polar surface area (TPSA) is 52.9 Å². The maximum absolute atomic E-state index is 11.4. The molecule has 0 radical (unpaired) electrons. The van der Waals surface area contributed by atoms with Gasteiger partial charge < -0.3 is 5.32 Å². The normalized spacial score (nSPS) is 16.1. The van der Waals surface area contributed by atoms with Crippen LogP contribution < -0.4 is 5.32 Å². The monoisotopic (exact) mass is 194 g/mol. The van der Waals surface area contributed by atoms with E-state index >= 15 is 0 Å². The number of hydrogen-bond donors (Lipinski definition) is 1. The fraction of sp³-hybridized carbons (Fsp3) is 0.818. The van der Waals surface area contributed by atoms with E-state index in [-0.39, 0.29) is 5.91 Å². The Morgan fingerprint density at radius 1 is 1.57 bits per heavy atom. The third-order valence-corrected chi connectivity index (χ3v) is 2.62. The summed E-state index contributed by atoms with van der Waals surface area (Å²) in [6.45, 7) is 3.99. The molecule has 1 aliphatic carbocycles. The molecular formula is C11H18N2O. The lowest BCUT2D eigenvalue weighted by atomic mass is 9.95. The fourth-order valence-corrected chi connectivity index (χ4v) is 1.27. The Morgan fingerprint density at radius 3 is 2.71 bits per heavy atom. The third-order valence-electron chi connectivity index (χ3n) is 2.62. The minimum Gasteiger partial charge on any atom is -0.355 e. The molecule has 0 saturated heterocycles. The van der Waals surface area contributed by atoms with Crippen LogP contribution in [0.25, 0.3) is 0 Å². The number of rotatable bonds is 5. The van der Waals surface area contributed by atoms with E-state index in [1.165, 1.54) is 19.3 Å². The molecule has 1 saturated carbocycles. The minimum atomic E-state index is -0.889. The number of nitrogens with one attached hydrogen (secondary N) is 1. The van der Waals surface area contributed by atoms with Crippen LogP contribution in [0.3, 0.4) is 0 Å². The van der Waals surface area contributed by atoms with Crippen molar-refractivity contribution >= 4 is 5.91 Å². The van der Waals surface area contributed by atoms with Gasteiger partial charge in [-0.3, -0.25) is 4.79 Å². The lowest BCUT2D eigenvalue weighted by molar-refractivity contribution is -0.126. The summed E-state index contributed by atoms with van der Waals surface area (Å²) in [6.07, 6.45) is 4.97. The van der Waals surface area contributed by atoms with Gasteiger partial charge in [-0.25, -0.2) is 0 Å². The van der Waals surface area contributed by atoms with Gasteiger partial charge in [0.2, 0.25) is 5.91 Å². The molecule has 0 spiro atoms. The Labute approximate surface area is 85.5 Å². The molecule has 0 unspecified atom stereocenters. The van der Waals surface area contributed by atoms with Crippen LogP contribution in [-0.4, -0.2) is 12.5 Å². The van der Waals surface area contributed by atoms with Crippen molar-refractivity contribution in [3.63, 3.8) is 0 Å². The van der Waals surface area contributed by atoms with Crippen molar-refractivity contribution in [2.75, 3.05) is 6.54 Å². The fourth-order valence-electron chi connectivity index (χ4n) is 1.27. The molecule has 3 nitrogen and oxygen atoms in total. The number of carbonyl (C=O) groups is 1. The summed E-state index contributed by atoms with van der Waals surface area (Å²) in [5.74, 6) is 0.756. The van der Waals surface area contributed by atoms with E-state index in [4.69, 9.17) is 5.26 Å². The Hall–Kier alpha value is -1.04. The smallest absolute Gasteiger partial charge is 0.239 e. The largest absolute Gasteiger partial charge is 0.355 e. The maximum atomic E-state index is 11.4. The average Bonchev–Trinajstić information content (AvgIpc) is 2.95. The van der Waals surface area contributed by atoms with Crippen molar-refractivity contribution in [1.29, 1.82) is 5.26 Å². The number of amides is 1. The molecule has 0 aromatic carbocycles. The Morgan fingerprint density at radius 2 is 2.21 bits per heavy atom. The molecule has 78 valence electrons. The van der Waals surface area contributed by atoms with E-state index in [1.807, 2.05) is 6.07 Å². The summed E-state index contributed by atoms with van der Waals surface area (Å²) in [7, 11) is 0. The standard InChI is InChI=1S/C11H18N2O/c1-11(2,8-12)10(14)13-7-3-4-9-5-6-9/h9H,3-7H2,1-2H3,(H,13,14). The minimum absolute atomic E-state index is 0.157. The van der Waals surface area contributed by atoms with E-state index in [1.54, 1.807) is 13.8 Å².